The van der Waals surface area contributed by atoms with Gasteiger partial charge in [-0.2, -0.15) is 0 Å². The summed E-state index contributed by atoms with van der Waals surface area (Å²) in [4.78, 5) is 38.1. The predicted octanol–water partition coefficient (Wildman–Crippen LogP) is 4.08. The van der Waals surface area contributed by atoms with E-state index in [2.05, 4.69) is 38.9 Å². The highest BCUT2D eigenvalue weighted by Gasteiger charge is 2.37. The van der Waals surface area contributed by atoms with Crippen LogP contribution < -0.4 is 5.32 Å². The summed E-state index contributed by atoms with van der Waals surface area (Å²) in [5, 5.41) is 3.53. The van der Waals surface area contributed by atoms with E-state index in [0.29, 0.717) is 33.9 Å². The Morgan fingerprint density at radius 2 is 1.82 bits per heavy atom. The zero-order chi connectivity index (χ0) is 23.7. The van der Waals surface area contributed by atoms with E-state index in [1.165, 1.54) is 12.4 Å². The molecular weight excluding hydrogens is 438 g/mol. The van der Waals surface area contributed by atoms with Crippen LogP contribution >= 0.6 is 11.6 Å². The van der Waals surface area contributed by atoms with Crippen molar-refractivity contribution in [2.45, 2.75) is 53.1 Å². The summed E-state index contributed by atoms with van der Waals surface area (Å²) in [7, 11) is 0. The van der Waals surface area contributed by atoms with Gasteiger partial charge in [0, 0.05) is 61.2 Å². The molecule has 0 spiro atoms. The SMILES string of the molecule is Cc1ncc(C(=O)Nc2cc(Cl)cc(CN3CCN(C(=O)C4CC(C)C4)C(C)C3)c2C)cn1. The van der Waals surface area contributed by atoms with Gasteiger partial charge >= 0.3 is 0 Å². The van der Waals surface area contributed by atoms with Gasteiger partial charge in [0.25, 0.3) is 5.91 Å². The molecule has 33 heavy (non-hydrogen) atoms. The first-order valence-electron chi connectivity index (χ1n) is 11.6. The molecule has 1 aliphatic heterocycles. The van der Waals surface area contributed by atoms with E-state index in [1.54, 1.807) is 13.0 Å². The summed E-state index contributed by atoms with van der Waals surface area (Å²) in [6.45, 7) is 11.2. The molecule has 0 bridgehead atoms. The van der Waals surface area contributed by atoms with Crippen LogP contribution in [0.5, 0.6) is 0 Å². The third-order valence-corrected chi connectivity index (χ3v) is 7.10. The lowest BCUT2D eigenvalue weighted by Crippen LogP contribution is -2.56. The molecule has 7 nitrogen and oxygen atoms in total. The van der Waals surface area contributed by atoms with Gasteiger partial charge in [-0.1, -0.05) is 18.5 Å². The molecule has 2 heterocycles. The Morgan fingerprint density at radius 1 is 1.12 bits per heavy atom. The van der Waals surface area contributed by atoms with Crippen LogP contribution in [0.3, 0.4) is 0 Å². The molecule has 1 atom stereocenters. The molecule has 1 N–H and O–H groups in total. The fourth-order valence-corrected chi connectivity index (χ4v) is 5.06. The summed E-state index contributed by atoms with van der Waals surface area (Å²) in [5.74, 6) is 1.57. The van der Waals surface area contributed by atoms with E-state index in [1.807, 2.05) is 13.0 Å². The third kappa shape index (κ3) is 5.36. The molecule has 1 saturated carbocycles. The van der Waals surface area contributed by atoms with Crippen molar-refractivity contribution in [1.29, 1.82) is 0 Å². The maximum Gasteiger partial charge on any atom is 0.258 e. The van der Waals surface area contributed by atoms with Crippen LogP contribution in [0.2, 0.25) is 5.02 Å². The maximum atomic E-state index is 12.8. The highest BCUT2D eigenvalue weighted by molar-refractivity contribution is 6.31. The lowest BCUT2D eigenvalue weighted by molar-refractivity contribution is -0.144. The lowest BCUT2D eigenvalue weighted by Gasteiger charge is -2.44. The number of nitrogens with zero attached hydrogens (tertiary/aromatic N) is 4. The topological polar surface area (TPSA) is 78.4 Å². The molecule has 0 radical (unpaired) electrons. The Labute approximate surface area is 200 Å². The zero-order valence-corrected chi connectivity index (χ0v) is 20.5. The molecule has 176 valence electrons. The number of nitrogens with one attached hydrogen (secondary N) is 1. The Morgan fingerprint density at radius 3 is 2.45 bits per heavy atom. The van der Waals surface area contributed by atoms with Gasteiger partial charge < -0.3 is 10.2 Å². The van der Waals surface area contributed by atoms with Gasteiger partial charge in [0.2, 0.25) is 5.91 Å². The van der Waals surface area contributed by atoms with Crippen molar-refractivity contribution in [1.82, 2.24) is 19.8 Å². The van der Waals surface area contributed by atoms with Gasteiger partial charge in [0.1, 0.15) is 5.82 Å². The number of aromatic nitrogens is 2. The highest BCUT2D eigenvalue weighted by atomic mass is 35.5. The van der Waals surface area contributed by atoms with Gasteiger partial charge in [-0.05, 0) is 62.8 Å². The first-order chi connectivity index (χ1) is 15.7. The second-order valence-corrected chi connectivity index (χ2v) is 10.0. The average Bonchev–Trinajstić information content (AvgIpc) is 2.75. The van der Waals surface area contributed by atoms with Crippen molar-refractivity contribution in [3.63, 3.8) is 0 Å². The largest absolute Gasteiger partial charge is 0.337 e. The Bertz CT molecular complexity index is 1040. The van der Waals surface area contributed by atoms with Crippen molar-refractivity contribution in [2.75, 3.05) is 25.0 Å². The minimum Gasteiger partial charge on any atom is -0.337 e. The summed E-state index contributed by atoms with van der Waals surface area (Å²) in [6, 6.07) is 3.91. The van der Waals surface area contributed by atoms with Crippen LogP contribution in [0, 0.1) is 25.7 Å². The average molecular weight is 470 g/mol. The number of anilines is 1. The number of aryl methyl sites for hydroxylation is 1. The third-order valence-electron chi connectivity index (χ3n) is 6.88. The van der Waals surface area contributed by atoms with Crippen molar-refractivity contribution >= 4 is 29.1 Å². The first kappa shape index (κ1) is 23.6. The molecule has 2 amide bonds. The normalized spacial score (nSPS) is 23.2. The van der Waals surface area contributed by atoms with Gasteiger partial charge in [0.05, 0.1) is 5.56 Å². The second-order valence-electron chi connectivity index (χ2n) is 9.60. The highest BCUT2D eigenvalue weighted by Crippen LogP contribution is 2.35. The van der Waals surface area contributed by atoms with Crippen LogP contribution in [-0.4, -0.2) is 57.3 Å². The Balaban J connectivity index is 1.41. The quantitative estimate of drug-likeness (QED) is 0.713. The van der Waals surface area contributed by atoms with Crippen LogP contribution in [0.25, 0.3) is 0 Å². The van der Waals surface area contributed by atoms with Gasteiger partial charge in [0.15, 0.2) is 0 Å². The van der Waals surface area contributed by atoms with E-state index in [-0.39, 0.29) is 17.9 Å². The van der Waals surface area contributed by atoms with Crippen LogP contribution in [0.15, 0.2) is 24.5 Å². The molecule has 1 aromatic heterocycles. The first-order valence-corrected chi connectivity index (χ1v) is 12.0. The van der Waals surface area contributed by atoms with Crippen molar-refractivity contribution in [2.24, 2.45) is 11.8 Å². The Hall–Kier alpha value is -2.51. The van der Waals surface area contributed by atoms with E-state index < -0.39 is 0 Å². The Kier molecular flexibility index (Phi) is 7.00. The minimum absolute atomic E-state index is 0.183. The summed E-state index contributed by atoms with van der Waals surface area (Å²) < 4.78 is 0. The number of amides is 2. The molecule has 4 rings (SSSR count). The molecule has 1 aromatic carbocycles. The number of rotatable bonds is 5. The smallest absolute Gasteiger partial charge is 0.258 e. The molecule has 2 aromatic rings. The van der Waals surface area contributed by atoms with Crippen molar-refractivity contribution < 1.29 is 9.59 Å². The van der Waals surface area contributed by atoms with Crippen LogP contribution in [0.4, 0.5) is 5.69 Å². The fraction of sp³-hybridized carbons (Fsp3) is 0.520. The van der Waals surface area contributed by atoms with Gasteiger partial charge in [-0.3, -0.25) is 14.5 Å². The predicted molar refractivity (Wildman–Crippen MR) is 129 cm³/mol. The van der Waals surface area contributed by atoms with Gasteiger partial charge in [-0.15, -0.1) is 0 Å². The lowest BCUT2D eigenvalue weighted by atomic mass is 9.75. The number of carbonyl (C=O) groups is 2. The molecule has 1 aliphatic carbocycles. The molecular formula is C25H32ClN5O2. The van der Waals surface area contributed by atoms with Gasteiger partial charge in [-0.25, -0.2) is 9.97 Å². The van der Waals surface area contributed by atoms with Crippen molar-refractivity contribution in [3.8, 4) is 0 Å². The molecule has 2 aliphatic rings. The molecule has 2 fully saturated rings. The summed E-state index contributed by atoms with van der Waals surface area (Å²) in [5.41, 5.74) is 3.13. The number of piperazine rings is 1. The standard InChI is InChI=1S/C25H32ClN5O2/c1-15-7-19(8-15)25(33)31-6-5-30(13-16(31)2)14-20-9-22(26)10-23(17(20)3)29-24(32)21-11-27-18(4)28-12-21/h9-12,15-16,19H,5-8,13-14H2,1-4H3,(H,29,32). The second kappa shape index (κ2) is 9.77. The number of hydrogen-bond donors (Lipinski definition) is 1. The van der Waals surface area contributed by atoms with Crippen LogP contribution in [0.1, 0.15) is 54.0 Å². The monoisotopic (exact) mass is 469 g/mol. The zero-order valence-electron chi connectivity index (χ0n) is 19.8. The van der Waals surface area contributed by atoms with E-state index in [9.17, 15) is 9.59 Å². The number of hydrogen-bond acceptors (Lipinski definition) is 5. The maximum absolute atomic E-state index is 12.8. The number of carbonyl (C=O) groups excluding carboxylic acids is 2. The van der Waals surface area contributed by atoms with E-state index >= 15 is 0 Å². The molecule has 1 unspecified atom stereocenters. The molecule has 1 saturated heterocycles. The number of benzene rings is 1. The summed E-state index contributed by atoms with van der Waals surface area (Å²) in [6.07, 6.45) is 5.09. The van der Waals surface area contributed by atoms with Crippen LogP contribution in [-0.2, 0) is 11.3 Å². The minimum atomic E-state index is -0.266. The molecule has 8 heteroatoms. The van der Waals surface area contributed by atoms with E-state index in [0.717, 1.165) is 50.1 Å². The van der Waals surface area contributed by atoms with Crippen molar-refractivity contribution in [3.05, 3.63) is 52.1 Å². The van der Waals surface area contributed by atoms with E-state index in [4.69, 9.17) is 11.6 Å². The summed E-state index contributed by atoms with van der Waals surface area (Å²) >= 11 is 6.40. The fourth-order valence-electron chi connectivity index (χ4n) is 4.82. The number of halogens is 1.